The smallest absolute Gasteiger partial charge is 0.321 e. The number of amides is 3. The summed E-state index contributed by atoms with van der Waals surface area (Å²) in [5.41, 5.74) is 3.18. The Morgan fingerprint density at radius 3 is 2.30 bits per heavy atom. The second-order valence-corrected chi connectivity index (χ2v) is 9.79. The number of nitrogens with one attached hydrogen (secondary N) is 1. The monoisotopic (exact) mass is 564 g/mol. The number of urea groups is 1. The van der Waals surface area contributed by atoms with Crippen molar-refractivity contribution in [2.24, 2.45) is 0 Å². The van der Waals surface area contributed by atoms with Crippen LogP contribution in [0, 0.1) is 18.6 Å². The minimum Gasteiger partial charge on any atom is -0.497 e. The van der Waals surface area contributed by atoms with E-state index in [1.54, 1.807) is 52.7 Å². The zero-order valence-electron chi connectivity index (χ0n) is 22.0. The number of rotatable bonds is 5. The predicted molar refractivity (Wildman–Crippen MR) is 150 cm³/mol. The van der Waals surface area contributed by atoms with Crippen molar-refractivity contribution in [3.05, 3.63) is 101 Å². The predicted octanol–water partition coefficient (Wildman–Crippen LogP) is 6.38. The van der Waals surface area contributed by atoms with E-state index in [1.807, 2.05) is 24.3 Å². The van der Waals surface area contributed by atoms with Crippen LogP contribution in [-0.4, -0.2) is 59.6 Å². The Balaban J connectivity index is 1.38. The summed E-state index contributed by atoms with van der Waals surface area (Å²) in [4.78, 5) is 29.7. The molecule has 206 valence electrons. The van der Waals surface area contributed by atoms with Gasteiger partial charge in [0.25, 0.3) is 5.91 Å². The van der Waals surface area contributed by atoms with Crippen LogP contribution >= 0.6 is 11.6 Å². The number of methoxy groups -OCH3 is 1. The Morgan fingerprint density at radius 2 is 1.60 bits per heavy atom. The number of piperazine rings is 1. The molecule has 3 aromatic carbocycles. The molecule has 10 heteroatoms. The highest BCUT2D eigenvalue weighted by atomic mass is 35.5. The van der Waals surface area contributed by atoms with E-state index in [2.05, 4.69) is 5.32 Å². The lowest BCUT2D eigenvalue weighted by atomic mass is 10.1. The summed E-state index contributed by atoms with van der Waals surface area (Å²) in [7, 11) is 1.57. The second-order valence-electron chi connectivity index (χ2n) is 9.39. The number of carbonyl (C=O) groups is 2. The Kier molecular flexibility index (Phi) is 7.75. The van der Waals surface area contributed by atoms with Gasteiger partial charge in [-0.05, 0) is 55.5 Å². The van der Waals surface area contributed by atoms with Gasteiger partial charge in [-0.3, -0.25) is 4.79 Å². The van der Waals surface area contributed by atoms with Crippen LogP contribution in [0.5, 0.6) is 5.75 Å². The van der Waals surface area contributed by atoms with E-state index in [4.69, 9.17) is 16.3 Å². The fourth-order valence-electron chi connectivity index (χ4n) is 4.82. The van der Waals surface area contributed by atoms with Crippen LogP contribution in [0.15, 0.2) is 72.8 Å². The Bertz CT molecular complexity index is 1580. The van der Waals surface area contributed by atoms with E-state index < -0.39 is 11.6 Å². The summed E-state index contributed by atoms with van der Waals surface area (Å²) in [6, 6.07) is 19.2. The van der Waals surface area contributed by atoms with E-state index in [0.29, 0.717) is 60.3 Å². The second kappa shape index (κ2) is 11.4. The SMILES string of the molecule is COc1cccc(-c2cc(C(=O)N3CCN(C(=O)Nc4ccc(F)c(Cl)c4)CC3)c(C)n2-c2ccccc2F)c1. The summed E-state index contributed by atoms with van der Waals surface area (Å²) in [6.45, 7) is 3.04. The molecule has 1 aliphatic rings. The van der Waals surface area contributed by atoms with Gasteiger partial charge < -0.3 is 24.4 Å². The molecular weight excluding hydrogens is 538 g/mol. The van der Waals surface area contributed by atoms with Gasteiger partial charge in [-0.15, -0.1) is 0 Å². The normalized spacial score (nSPS) is 13.3. The van der Waals surface area contributed by atoms with E-state index in [0.717, 1.165) is 5.56 Å². The van der Waals surface area contributed by atoms with Gasteiger partial charge in [0.1, 0.15) is 17.4 Å². The van der Waals surface area contributed by atoms with Gasteiger partial charge in [-0.1, -0.05) is 35.9 Å². The Labute approximate surface area is 235 Å². The van der Waals surface area contributed by atoms with Crippen molar-refractivity contribution in [1.29, 1.82) is 0 Å². The molecule has 0 saturated carbocycles. The summed E-state index contributed by atoms with van der Waals surface area (Å²) in [6.07, 6.45) is 0. The number of ether oxygens (including phenoxy) is 1. The number of halogens is 3. The van der Waals surface area contributed by atoms with E-state index in [-0.39, 0.29) is 17.0 Å². The number of carbonyl (C=O) groups excluding carboxylic acids is 2. The first-order valence-electron chi connectivity index (χ1n) is 12.7. The Morgan fingerprint density at radius 1 is 0.875 bits per heavy atom. The van der Waals surface area contributed by atoms with E-state index in [9.17, 15) is 18.4 Å². The lowest BCUT2D eigenvalue weighted by Gasteiger charge is -2.34. The molecule has 7 nitrogen and oxygen atoms in total. The zero-order valence-corrected chi connectivity index (χ0v) is 22.7. The lowest BCUT2D eigenvalue weighted by molar-refractivity contribution is 0.0671. The molecule has 4 aromatic rings. The maximum absolute atomic E-state index is 15.0. The number of aromatic nitrogens is 1. The number of para-hydroxylation sites is 1. The van der Waals surface area contributed by atoms with Gasteiger partial charge >= 0.3 is 6.03 Å². The van der Waals surface area contributed by atoms with Gasteiger partial charge in [0.15, 0.2) is 0 Å². The van der Waals surface area contributed by atoms with E-state index >= 15 is 0 Å². The molecule has 1 aliphatic heterocycles. The molecule has 0 aliphatic carbocycles. The van der Waals surface area contributed by atoms with Crippen molar-refractivity contribution in [3.8, 4) is 22.7 Å². The van der Waals surface area contributed by atoms with Gasteiger partial charge in [-0.25, -0.2) is 13.6 Å². The average molecular weight is 565 g/mol. The Hall–Kier alpha value is -4.37. The van der Waals surface area contributed by atoms with E-state index in [1.165, 1.54) is 24.3 Å². The fourth-order valence-corrected chi connectivity index (χ4v) is 5.00. The third-order valence-electron chi connectivity index (χ3n) is 6.96. The molecular formula is C30H27ClF2N4O3. The highest BCUT2D eigenvalue weighted by molar-refractivity contribution is 6.31. The van der Waals surface area contributed by atoms with Crippen LogP contribution in [0.25, 0.3) is 16.9 Å². The first-order valence-corrected chi connectivity index (χ1v) is 13.1. The average Bonchev–Trinajstić information content (AvgIpc) is 3.31. The van der Waals surface area contributed by atoms with Crippen molar-refractivity contribution in [1.82, 2.24) is 14.4 Å². The topological polar surface area (TPSA) is 66.8 Å². The quantitative estimate of drug-likeness (QED) is 0.306. The van der Waals surface area contributed by atoms with Crippen LogP contribution in [0.2, 0.25) is 5.02 Å². The molecule has 40 heavy (non-hydrogen) atoms. The van der Waals surface area contributed by atoms with Crippen LogP contribution < -0.4 is 10.1 Å². The third kappa shape index (κ3) is 5.37. The first kappa shape index (κ1) is 27.2. The summed E-state index contributed by atoms with van der Waals surface area (Å²) >= 11 is 5.81. The van der Waals surface area contributed by atoms with Crippen molar-refractivity contribution >= 4 is 29.2 Å². The molecule has 0 atom stereocenters. The highest BCUT2D eigenvalue weighted by Crippen LogP contribution is 2.33. The summed E-state index contributed by atoms with van der Waals surface area (Å²) < 4.78 is 35.5. The maximum atomic E-state index is 15.0. The molecule has 0 radical (unpaired) electrons. The van der Waals surface area contributed by atoms with Gasteiger partial charge in [0.2, 0.25) is 0 Å². The molecule has 1 fully saturated rings. The van der Waals surface area contributed by atoms with Crippen molar-refractivity contribution in [3.63, 3.8) is 0 Å². The third-order valence-corrected chi connectivity index (χ3v) is 7.25. The fraction of sp³-hybridized carbons (Fsp3) is 0.200. The zero-order chi connectivity index (χ0) is 28.4. The molecule has 0 unspecified atom stereocenters. The standard InChI is InChI=1S/C30H27ClF2N4O3/c1-19-23(18-28(20-6-5-7-22(16-20)40-2)37(19)27-9-4-3-8-26(27)33)29(38)35-12-14-36(15-13-35)30(39)34-21-10-11-25(32)24(31)17-21/h3-11,16-18H,12-15H2,1-2H3,(H,34,39). The molecule has 1 N–H and O–H groups in total. The van der Waals surface area contributed by atoms with Gasteiger partial charge in [0.05, 0.1) is 29.1 Å². The molecule has 3 amide bonds. The minimum atomic E-state index is -0.569. The van der Waals surface area contributed by atoms with Crippen molar-refractivity contribution in [2.75, 3.05) is 38.6 Å². The molecule has 1 saturated heterocycles. The molecule has 1 aromatic heterocycles. The van der Waals surface area contributed by atoms with Crippen LogP contribution in [0.3, 0.4) is 0 Å². The largest absolute Gasteiger partial charge is 0.497 e. The molecule has 5 rings (SSSR count). The van der Waals surface area contributed by atoms with Crippen molar-refractivity contribution < 1.29 is 23.1 Å². The lowest BCUT2D eigenvalue weighted by Crippen LogP contribution is -2.51. The first-order chi connectivity index (χ1) is 19.3. The number of nitrogens with zero attached hydrogens (tertiary/aromatic N) is 3. The summed E-state index contributed by atoms with van der Waals surface area (Å²) in [5.74, 6) is -0.546. The molecule has 0 spiro atoms. The van der Waals surface area contributed by atoms with Gasteiger partial charge in [-0.2, -0.15) is 0 Å². The molecule has 2 heterocycles. The van der Waals surface area contributed by atoms with Crippen LogP contribution in [0.4, 0.5) is 19.3 Å². The number of anilines is 1. The molecule has 0 bridgehead atoms. The van der Waals surface area contributed by atoms with Crippen molar-refractivity contribution in [2.45, 2.75) is 6.92 Å². The van der Waals surface area contributed by atoms with Crippen LogP contribution in [-0.2, 0) is 0 Å². The number of hydrogen-bond donors (Lipinski definition) is 1. The number of hydrogen-bond acceptors (Lipinski definition) is 3. The maximum Gasteiger partial charge on any atom is 0.321 e. The minimum absolute atomic E-state index is 0.0841. The number of benzene rings is 3. The van der Waals surface area contributed by atoms with Crippen LogP contribution in [0.1, 0.15) is 16.1 Å². The van der Waals surface area contributed by atoms with Gasteiger partial charge in [0, 0.05) is 43.1 Å². The summed E-state index contributed by atoms with van der Waals surface area (Å²) in [5, 5.41) is 2.63. The highest BCUT2D eigenvalue weighted by Gasteiger charge is 2.29.